The molecule has 2 aromatic rings. The van der Waals surface area contributed by atoms with Crippen LogP contribution >= 0.6 is 30.7 Å². The highest BCUT2D eigenvalue weighted by Crippen LogP contribution is 2.58. The molecule has 3 unspecified atom stereocenters. The molecule has 1 aromatic heterocycles. The summed E-state index contributed by atoms with van der Waals surface area (Å²) in [6.07, 6.45) is 0. The number of Topliss-reactive ketones (excluding diaryl/α,β-unsaturated/α-hetero) is 1. The Labute approximate surface area is 204 Å². The van der Waals surface area contributed by atoms with Crippen molar-refractivity contribution in [2.24, 2.45) is 5.92 Å². The highest BCUT2D eigenvalue weighted by molar-refractivity contribution is 8.01. The van der Waals surface area contributed by atoms with E-state index in [0.29, 0.717) is 4.88 Å². The van der Waals surface area contributed by atoms with Gasteiger partial charge in [-0.15, -0.1) is 23.1 Å². The minimum atomic E-state index is -3.87. The van der Waals surface area contributed by atoms with E-state index in [1.807, 2.05) is 55.6 Å². The van der Waals surface area contributed by atoms with Crippen molar-refractivity contribution in [3.63, 3.8) is 0 Å². The number of esters is 1. The molecule has 0 aliphatic heterocycles. The third-order valence-electron chi connectivity index (χ3n) is 4.85. The molecule has 2 rings (SSSR count). The predicted molar refractivity (Wildman–Crippen MR) is 135 cm³/mol. The first kappa shape index (κ1) is 27.8. The van der Waals surface area contributed by atoms with Gasteiger partial charge in [0.1, 0.15) is 0 Å². The van der Waals surface area contributed by atoms with Gasteiger partial charge in [-0.2, -0.15) is 0 Å². The SMILES string of the molecule is CCOC(=O)C(C(SC(C(=O)c1cccs1)c1ccccc1)C(C)C)P(=O)(OCC)OCC. The maximum atomic E-state index is 13.9. The normalized spacial score (nSPS) is 14.6. The summed E-state index contributed by atoms with van der Waals surface area (Å²) in [5.74, 6) is -0.817. The molecular formula is C24H33O6PS2. The first-order valence-corrected chi connectivity index (χ1v) is 14.6. The molecule has 0 fully saturated rings. The lowest BCUT2D eigenvalue weighted by atomic mass is 10.1. The van der Waals surface area contributed by atoms with E-state index in [4.69, 9.17) is 13.8 Å². The highest BCUT2D eigenvalue weighted by atomic mass is 32.2. The van der Waals surface area contributed by atoms with Crippen LogP contribution in [0.1, 0.15) is 55.1 Å². The van der Waals surface area contributed by atoms with Crippen molar-refractivity contribution in [1.29, 1.82) is 0 Å². The van der Waals surface area contributed by atoms with Crippen LogP contribution in [0.2, 0.25) is 0 Å². The zero-order valence-corrected chi connectivity index (χ0v) is 22.3. The van der Waals surface area contributed by atoms with Gasteiger partial charge in [-0.05, 0) is 43.7 Å². The molecule has 0 aliphatic carbocycles. The van der Waals surface area contributed by atoms with Crippen molar-refractivity contribution in [2.75, 3.05) is 19.8 Å². The predicted octanol–water partition coefficient (Wildman–Crippen LogP) is 6.63. The van der Waals surface area contributed by atoms with Gasteiger partial charge in [-0.25, -0.2) is 0 Å². The summed E-state index contributed by atoms with van der Waals surface area (Å²) in [5.41, 5.74) is -0.346. The van der Waals surface area contributed by atoms with Gasteiger partial charge >= 0.3 is 13.6 Å². The molecule has 6 nitrogen and oxygen atoms in total. The Bertz CT molecular complexity index is 906. The van der Waals surface area contributed by atoms with Crippen LogP contribution in [0, 0.1) is 5.92 Å². The fourth-order valence-electron chi connectivity index (χ4n) is 3.45. The maximum Gasteiger partial charge on any atom is 0.346 e. The van der Waals surface area contributed by atoms with Crippen molar-refractivity contribution in [3.8, 4) is 0 Å². The van der Waals surface area contributed by atoms with Gasteiger partial charge in [0.15, 0.2) is 11.4 Å². The Hall–Kier alpha value is -1.44. The molecule has 0 saturated heterocycles. The Kier molecular flexibility index (Phi) is 11.3. The number of carbonyl (C=O) groups excluding carboxylic acids is 2. The van der Waals surface area contributed by atoms with Crippen LogP contribution in [-0.2, 0) is 23.1 Å². The number of carbonyl (C=O) groups is 2. The van der Waals surface area contributed by atoms with E-state index in [2.05, 4.69) is 0 Å². The number of rotatable bonds is 14. The molecule has 0 radical (unpaired) electrons. The number of thioether (sulfide) groups is 1. The Balaban J connectivity index is 2.56. The molecule has 0 amide bonds. The lowest BCUT2D eigenvalue weighted by Crippen LogP contribution is -2.39. The van der Waals surface area contributed by atoms with Crippen LogP contribution in [0.15, 0.2) is 47.8 Å². The molecule has 0 aliphatic rings. The number of benzene rings is 1. The second-order valence-corrected chi connectivity index (χ2v) is 11.9. The Morgan fingerprint density at radius 1 is 0.970 bits per heavy atom. The van der Waals surface area contributed by atoms with E-state index < -0.39 is 29.7 Å². The molecular weight excluding hydrogens is 479 g/mol. The first-order chi connectivity index (χ1) is 15.8. The smallest absolute Gasteiger partial charge is 0.346 e. The third kappa shape index (κ3) is 7.27. The summed E-state index contributed by atoms with van der Waals surface area (Å²) in [7, 11) is -3.87. The number of thiophene rings is 1. The lowest BCUT2D eigenvalue weighted by molar-refractivity contribution is -0.143. The van der Waals surface area contributed by atoms with Gasteiger partial charge in [-0.1, -0.05) is 50.2 Å². The maximum absolute atomic E-state index is 13.9. The standard InChI is InChI=1S/C24H33O6PS2/c1-6-28-24(26)21(31(27,29-7-2)30-8-3)22(17(4)5)33-23(18-13-10-9-11-14-18)20(25)19-15-12-16-32-19/h9-17,21-23H,6-8H2,1-5H3. The molecule has 3 atom stereocenters. The average Bonchev–Trinajstić information content (AvgIpc) is 3.32. The fraction of sp³-hybridized carbons (Fsp3) is 0.500. The largest absolute Gasteiger partial charge is 0.465 e. The van der Waals surface area contributed by atoms with E-state index in [9.17, 15) is 14.2 Å². The van der Waals surface area contributed by atoms with E-state index in [-0.39, 0.29) is 31.5 Å². The van der Waals surface area contributed by atoms with E-state index >= 15 is 0 Å². The third-order valence-corrected chi connectivity index (χ3v) is 10.3. The summed E-state index contributed by atoms with van der Waals surface area (Å²) in [6.45, 7) is 9.37. The van der Waals surface area contributed by atoms with Crippen molar-refractivity contribution in [2.45, 2.75) is 50.8 Å². The van der Waals surface area contributed by atoms with Crippen LogP contribution in [0.25, 0.3) is 0 Å². The van der Waals surface area contributed by atoms with Crippen molar-refractivity contribution >= 4 is 42.4 Å². The van der Waals surface area contributed by atoms with Crippen LogP contribution in [-0.4, -0.2) is 42.5 Å². The topological polar surface area (TPSA) is 78.9 Å². The van der Waals surface area contributed by atoms with E-state index in [0.717, 1.165) is 5.56 Å². The first-order valence-electron chi connectivity index (χ1n) is 11.1. The van der Waals surface area contributed by atoms with Crippen LogP contribution in [0.3, 0.4) is 0 Å². The van der Waals surface area contributed by atoms with E-state index in [1.165, 1.54) is 23.1 Å². The number of ether oxygens (including phenoxy) is 1. The van der Waals surface area contributed by atoms with Crippen LogP contribution in [0.5, 0.6) is 0 Å². The van der Waals surface area contributed by atoms with Gasteiger partial charge in [0.2, 0.25) is 0 Å². The molecule has 1 heterocycles. The second-order valence-electron chi connectivity index (χ2n) is 7.55. The summed E-state index contributed by atoms with van der Waals surface area (Å²) >= 11 is 2.70. The monoisotopic (exact) mass is 512 g/mol. The van der Waals surface area contributed by atoms with Crippen molar-refractivity contribution < 1.29 is 27.9 Å². The Morgan fingerprint density at radius 2 is 1.61 bits per heavy atom. The quantitative estimate of drug-likeness (QED) is 0.160. The summed E-state index contributed by atoms with van der Waals surface area (Å²) in [6, 6.07) is 13.1. The van der Waals surface area contributed by atoms with Gasteiger partial charge in [0.05, 0.1) is 29.9 Å². The molecule has 0 saturated carbocycles. The molecule has 182 valence electrons. The fourth-order valence-corrected chi connectivity index (χ4v) is 8.48. The summed E-state index contributed by atoms with van der Waals surface area (Å²) < 4.78 is 30.4. The zero-order valence-electron chi connectivity index (χ0n) is 19.8. The molecule has 0 spiro atoms. The molecule has 33 heavy (non-hydrogen) atoms. The van der Waals surface area contributed by atoms with E-state index in [1.54, 1.807) is 26.8 Å². The van der Waals surface area contributed by atoms with Gasteiger partial charge in [-0.3, -0.25) is 14.2 Å². The van der Waals surface area contributed by atoms with Gasteiger partial charge < -0.3 is 13.8 Å². The Morgan fingerprint density at radius 3 is 2.09 bits per heavy atom. The minimum absolute atomic E-state index is 0.0582. The molecule has 1 aromatic carbocycles. The lowest BCUT2D eigenvalue weighted by Gasteiger charge is -2.34. The molecule has 9 heteroatoms. The number of hydrogen-bond donors (Lipinski definition) is 0. The van der Waals surface area contributed by atoms with Crippen molar-refractivity contribution in [1.82, 2.24) is 0 Å². The molecule has 0 N–H and O–H groups in total. The van der Waals surface area contributed by atoms with Crippen LogP contribution in [0.4, 0.5) is 0 Å². The van der Waals surface area contributed by atoms with Crippen LogP contribution < -0.4 is 0 Å². The molecule has 0 bridgehead atoms. The minimum Gasteiger partial charge on any atom is -0.465 e. The van der Waals surface area contributed by atoms with Gasteiger partial charge in [0.25, 0.3) is 0 Å². The summed E-state index contributed by atoms with van der Waals surface area (Å²) in [5, 5.41) is 0.715. The highest BCUT2D eigenvalue weighted by Gasteiger charge is 2.50. The zero-order chi connectivity index (χ0) is 24.4. The van der Waals surface area contributed by atoms with Crippen molar-refractivity contribution in [3.05, 3.63) is 58.3 Å². The average molecular weight is 513 g/mol. The number of ketones is 1. The number of hydrogen-bond acceptors (Lipinski definition) is 8. The summed E-state index contributed by atoms with van der Waals surface area (Å²) in [4.78, 5) is 27.3. The second kappa shape index (κ2) is 13.4. The van der Waals surface area contributed by atoms with Gasteiger partial charge in [0, 0.05) is 5.25 Å².